The topological polar surface area (TPSA) is 47.6 Å². The van der Waals surface area contributed by atoms with Crippen molar-refractivity contribution in [2.24, 2.45) is 16.2 Å². The lowest BCUT2D eigenvalue weighted by Gasteiger charge is -2.32. The van der Waals surface area contributed by atoms with E-state index in [2.05, 4.69) is 33.0 Å². The van der Waals surface area contributed by atoms with Crippen LogP contribution in [0.5, 0.6) is 0 Å². The number of nitrogens with one attached hydrogen (secondary N) is 1. The number of hydrogen-bond donors (Lipinski definition) is 1. The number of rotatable bonds is 9. The molecule has 0 aliphatic carbocycles. The van der Waals surface area contributed by atoms with Crippen LogP contribution in [0.4, 0.5) is 0 Å². The van der Waals surface area contributed by atoms with Gasteiger partial charge in [-0.3, -0.25) is 4.79 Å². The molecule has 0 aliphatic rings. The van der Waals surface area contributed by atoms with Crippen molar-refractivity contribution in [2.45, 2.75) is 54.9 Å². The van der Waals surface area contributed by atoms with Gasteiger partial charge in [0.15, 0.2) is 0 Å². The number of methoxy groups -OCH3 is 1. The normalized spacial score (nSPS) is 15.6. The third kappa shape index (κ3) is 8.42. The van der Waals surface area contributed by atoms with Crippen LogP contribution in [0, 0.1) is 16.2 Å². The van der Waals surface area contributed by atoms with E-state index in [4.69, 9.17) is 9.47 Å². The van der Waals surface area contributed by atoms with E-state index in [0.29, 0.717) is 26.4 Å². The van der Waals surface area contributed by atoms with Crippen LogP contribution >= 0.6 is 0 Å². The minimum atomic E-state index is -0.351. The van der Waals surface area contributed by atoms with Gasteiger partial charge >= 0.3 is 0 Å². The molecule has 0 aromatic carbocycles. The van der Waals surface area contributed by atoms with Gasteiger partial charge in [-0.2, -0.15) is 0 Å². The van der Waals surface area contributed by atoms with E-state index in [-0.39, 0.29) is 22.2 Å². The zero-order chi connectivity index (χ0) is 16.7. The minimum absolute atomic E-state index is 0.0120. The molecule has 1 atom stereocenters. The Morgan fingerprint density at radius 2 is 1.57 bits per heavy atom. The molecule has 0 bridgehead atoms. The molecule has 0 aromatic heterocycles. The van der Waals surface area contributed by atoms with Gasteiger partial charge in [-0.15, -0.1) is 0 Å². The largest absolute Gasteiger partial charge is 0.384 e. The van der Waals surface area contributed by atoms with Gasteiger partial charge in [0.2, 0.25) is 5.91 Å². The fraction of sp³-hybridized carbons (Fsp3) is 0.941. The molecule has 4 nitrogen and oxygen atoms in total. The Hall–Kier alpha value is -0.610. The molecule has 0 aliphatic heterocycles. The van der Waals surface area contributed by atoms with Gasteiger partial charge in [0.1, 0.15) is 0 Å². The van der Waals surface area contributed by atoms with Crippen LogP contribution in [0.2, 0.25) is 0 Å². The first-order valence-electron chi connectivity index (χ1n) is 7.81. The molecule has 1 N–H and O–H groups in total. The molecule has 4 heteroatoms. The van der Waals surface area contributed by atoms with Crippen LogP contribution in [0.25, 0.3) is 0 Å². The van der Waals surface area contributed by atoms with E-state index in [1.54, 1.807) is 7.11 Å². The lowest BCUT2D eigenvalue weighted by molar-refractivity contribution is -0.129. The van der Waals surface area contributed by atoms with Crippen molar-refractivity contribution in [3.63, 3.8) is 0 Å². The number of carbonyl (C=O) groups is 1. The maximum Gasteiger partial charge on any atom is 0.225 e. The average Bonchev–Trinajstić information content (AvgIpc) is 2.34. The molecule has 1 unspecified atom stereocenters. The number of carbonyl (C=O) groups excluding carboxylic acids is 1. The van der Waals surface area contributed by atoms with E-state index in [1.807, 2.05) is 20.8 Å². The third-order valence-electron chi connectivity index (χ3n) is 3.69. The molecule has 0 fully saturated rings. The molecule has 0 radical (unpaired) electrons. The molecule has 126 valence electrons. The third-order valence-corrected chi connectivity index (χ3v) is 3.69. The first-order chi connectivity index (χ1) is 9.46. The van der Waals surface area contributed by atoms with Crippen LogP contribution in [0.15, 0.2) is 0 Å². The summed E-state index contributed by atoms with van der Waals surface area (Å²) in [7, 11) is 1.71. The van der Waals surface area contributed by atoms with Crippen LogP contribution in [0.3, 0.4) is 0 Å². The minimum Gasteiger partial charge on any atom is -0.384 e. The highest BCUT2D eigenvalue weighted by molar-refractivity contribution is 5.81. The van der Waals surface area contributed by atoms with E-state index >= 15 is 0 Å². The van der Waals surface area contributed by atoms with E-state index in [0.717, 1.165) is 6.42 Å². The number of amides is 1. The van der Waals surface area contributed by atoms with Crippen molar-refractivity contribution in [2.75, 3.05) is 33.5 Å². The molecule has 0 spiro atoms. The van der Waals surface area contributed by atoms with Crippen molar-refractivity contribution >= 4 is 5.91 Å². The second-order valence-electron chi connectivity index (χ2n) is 8.19. The van der Waals surface area contributed by atoms with Gasteiger partial charge in [0, 0.05) is 29.9 Å². The van der Waals surface area contributed by atoms with Crippen molar-refractivity contribution in [1.82, 2.24) is 5.32 Å². The summed E-state index contributed by atoms with van der Waals surface area (Å²) in [5, 5.41) is 3.04. The van der Waals surface area contributed by atoms with Crippen molar-refractivity contribution < 1.29 is 14.3 Å². The average molecular weight is 301 g/mol. The molecule has 0 aromatic rings. The van der Waals surface area contributed by atoms with E-state index in [9.17, 15) is 4.79 Å². The summed E-state index contributed by atoms with van der Waals surface area (Å²) >= 11 is 0. The highest BCUT2D eigenvalue weighted by Gasteiger charge is 2.28. The Morgan fingerprint density at radius 1 is 1.00 bits per heavy atom. The Bertz CT molecular complexity index is 320. The quantitative estimate of drug-likeness (QED) is 0.711. The highest BCUT2D eigenvalue weighted by atomic mass is 16.5. The molecule has 0 heterocycles. The second-order valence-corrected chi connectivity index (χ2v) is 8.19. The SMILES string of the molecule is CCC(C)(CNC(=O)C(C)(C)C)COCC(C)(C)COC. The molecule has 0 saturated carbocycles. The molecule has 1 amide bonds. The Balaban J connectivity index is 4.32. The van der Waals surface area contributed by atoms with Crippen molar-refractivity contribution in [3.05, 3.63) is 0 Å². The summed E-state index contributed by atoms with van der Waals surface area (Å²) in [5.74, 6) is 0.0851. The smallest absolute Gasteiger partial charge is 0.225 e. The predicted molar refractivity (Wildman–Crippen MR) is 87.3 cm³/mol. The van der Waals surface area contributed by atoms with Gasteiger partial charge in [0.05, 0.1) is 19.8 Å². The summed E-state index contributed by atoms with van der Waals surface area (Å²) in [5.41, 5.74) is -0.377. The first-order valence-corrected chi connectivity index (χ1v) is 7.81. The molecular weight excluding hydrogens is 266 g/mol. The molecule has 21 heavy (non-hydrogen) atoms. The Labute approximate surface area is 131 Å². The van der Waals surface area contributed by atoms with Crippen LogP contribution in [-0.4, -0.2) is 39.4 Å². The summed E-state index contributed by atoms with van der Waals surface area (Å²) in [6, 6.07) is 0. The van der Waals surface area contributed by atoms with E-state index in [1.165, 1.54) is 0 Å². The number of ether oxygens (including phenoxy) is 2. The second kappa shape index (κ2) is 8.14. The van der Waals surface area contributed by atoms with Crippen LogP contribution < -0.4 is 5.32 Å². The summed E-state index contributed by atoms with van der Waals surface area (Å²) in [6.07, 6.45) is 0.960. The Kier molecular flexibility index (Phi) is 7.90. The van der Waals surface area contributed by atoms with Gasteiger partial charge in [-0.05, 0) is 6.42 Å². The standard InChI is InChI=1S/C17H35NO3/c1-9-17(7,10-18-14(19)15(2,3)4)13-21-12-16(5,6)11-20-8/h9-13H2,1-8H3,(H,18,19). The Morgan fingerprint density at radius 3 is 2.00 bits per heavy atom. The lowest BCUT2D eigenvalue weighted by atomic mass is 9.87. The van der Waals surface area contributed by atoms with Crippen LogP contribution in [-0.2, 0) is 14.3 Å². The fourth-order valence-corrected chi connectivity index (χ4v) is 1.84. The van der Waals surface area contributed by atoms with Gasteiger partial charge in [-0.1, -0.05) is 48.5 Å². The lowest BCUT2D eigenvalue weighted by Crippen LogP contribution is -2.43. The highest BCUT2D eigenvalue weighted by Crippen LogP contribution is 2.24. The maximum absolute atomic E-state index is 12.0. The van der Waals surface area contributed by atoms with E-state index < -0.39 is 0 Å². The van der Waals surface area contributed by atoms with Crippen molar-refractivity contribution in [1.29, 1.82) is 0 Å². The summed E-state index contributed by atoms with van der Waals surface area (Å²) in [4.78, 5) is 12.0. The van der Waals surface area contributed by atoms with Crippen LogP contribution in [0.1, 0.15) is 54.9 Å². The van der Waals surface area contributed by atoms with Gasteiger partial charge < -0.3 is 14.8 Å². The van der Waals surface area contributed by atoms with Gasteiger partial charge in [-0.25, -0.2) is 0 Å². The zero-order valence-corrected chi connectivity index (χ0v) is 15.3. The van der Waals surface area contributed by atoms with Gasteiger partial charge in [0.25, 0.3) is 0 Å². The predicted octanol–water partition coefficient (Wildman–Crippen LogP) is 3.25. The fourth-order valence-electron chi connectivity index (χ4n) is 1.84. The molecule has 0 saturated heterocycles. The van der Waals surface area contributed by atoms with Crippen molar-refractivity contribution in [3.8, 4) is 0 Å². The monoisotopic (exact) mass is 301 g/mol. The zero-order valence-electron chi connectivity index (χ0n) is 15.3. The first kappa shape index (κ1) is 20.4. The summed E-state index contributed by atoms with van der Waals surface area (Å²) < 4.78 is 11.1. The summed E-state index contributed by atoms with van der Waals surface area (Å²) in [6.45, 7) is 16.9. The molecular formula is C17H35NO3. The maximum atomic E-state index is 12.0. The number of hydrogen-bond acceptors (Lipinski definition) is 3. The molecule has 0 rings (SSSR count).